The Morgan fingerprint density at radius 3 is 3.00 bits per heavy atom. The van der Waals surface area contributed by atoms with Crippen LogP contribution in [0.4, 0.5) is 4.39 Å². The van der Waals surface area contributed by atoms with Gasteiger partial charge in [0.15, 0.2) is 0 Å². The van der Waals surface area contributed by atoms with E-state index in [1.807, 2.05) is 0 Å². The van der Waals surface area contributed by atoms with Gasteiger partial charge in [0.1, 0.15) is 5.82 Å². The Morgan fingerprint density at radius 2 is 2.30 bits per heavy atom. The maximum atomic E-state index is 13.5. The Kier molecular flexibility index (Phi) is 5.42. The van der Waals surface area contributed by atoms with Crippen LogP contribution >= 0.6 is 23.1 Å². The van der Waals surface area contributed by atoms with Crippen molar-refractivity contribution in [2.24, 2.45) is 5.84 Å². The molecule has 0 aliphatic carbocycles. The van der Waals surface area contributed by atoms with E-state index >= 15 is 0 Å². The highest BCUT2D eigenvalue weighted by Gasteiger charge is 2.20. The Bertz CT molecular complexity index is 575. The highest BCUT2D eigenvalue weighted by atomic mass is 35.5. The van der Waals surface area contributed by atoms with Crippen molar-refractivity contribution in [3.05, 3.63) is 45.2 Å². The fourth-order valence-electron chi connectivity index (χ4n) is 2.04. The van der Waals surface area contributed by atoms with Crippen LogP contribution in [0.5, 0.6) is 0 Å². The lowest BCUT2D eigenvalue weighted by Gasteiger charge is -2.16. The second-order valence-electron chi connectivity index (χ2n) is 4.47. The topological polar surface area (TPSA) is 63.8 Å². The largest absolute Gasteiger partial charge is 0.271 e. The molecule has 0 saturated carbocycles. The number of hydrogen-bond donors (Lipinski definition) is 2. The van der Waals surface area contributed by atoms with Crippen molar-refractivity contribution < 1.29 is 4.39 Å². The van der Waals surface area contributed by atoms with Gasteiger partial charge in [-0.05, 0) is 36.0 Å². The van der Waals surface area contributed by atoms with Gasteiger partial charge in [-0.1, -0.05) is 41.6 Å². The lowest BCUT2D eigenvalue weighted by Crippen LogP contribution is -2.29. The van der Waals surface area contributed by atoms with Crippen LogP contribution in [-0.2, 0) is 12.8 Å². The van der Waals surface area contributed by atoms with Crippen LogP contribution < -0.4 is 11.3 Å². The first kappa shape index (κ1) is 15.3. The summed E-state index contributed by atoms with van der Waals surface area (Å²) in [5.41, 5.74) is 4.40. The number of halogens is 2. The maximum absolute atomic E-state index is 13.5. The van der Waals surface area contributed by atoms with Gasteiger partial charge in [-0.2, -0.15) is 0 Å². The van der Waals surface area contributed by atoms with Crippen molar-refractivity contribution in [2.75, 3.05) is 0 Å². The summed E-state index contributed by atoms with van der Waals surface area (Å²) in [6.45, 7) is 2.08. The first-order valence-corrected chi connectivity index (χ1v) is 7.52. The minimum Gasteiger partial charge on any atom is -0.271 e. The minimum atomic E-state index is -0.420. The molecule has 1 atom stereocenters. The van der Waals surface area contributed by atoms with Crippen LogP contribution in [-0.4, -0.2) is 9.59 Å². The average Bonchev–Trinajstić information content (AvgIpc) is 2.89. The highest BCUT2D eigenvalue weighted by molar-refractivity contribution is 7.05. The van der Waals surface area contributed by atoms with Gasteiger partial charge in [0.05, 0.1) is 21.6 Å². The van der Waals surface area contributed by atoms with Crippen LogP contribution in [0.3, 0.4) is 0 Å². The van der Waals surface area contributed by atoms with E-state index in [1.54, 1.807) is 12.1 Å². The first-order valence-electron chi connectivity index (χ1n) is 6.37. The van der Waals surface area contributed by atoms with Crippen LogP contribution in [0.1, 0.15) is 35.5 Å². The first-order chi connectivity index (χ1) is 9.67. The van der Waals surface area contributed by atoms with Crippen molar-refractivity contribution in [3.8, 4) is 0 Å². The lowest BCUT2D eigenvalue weighted by atomic mass is 10.0. The van der Waals surface area contributed by atoms with Crippen LogP contribution in [0.2, 0.25) is 5.02 Å². The monoisotopic (exact) mass is 314 g/mol. The van der Waals surface area contributed by atoms with Crippen molar-refractivity contribution in [3.63, 3.8) is 0 Å². The van der Waals surface area contributed by atoms with Crippen molar-refractivity contribution in [1.29, 1.82) is 0 Å². The number of hydrazine groups is 1. The molecule has 0 saturated heterocycles. The number of nitrogens with two attached hydrogens (primary N) is 1. The summed E-state index contributed by atoms with van der Waals surface area (Å²) >= 11 is 7.30. The molecule has 1 aromatic heterocycles. The summed E-state index contributed by atoms with van der Waals surface area (Å²) in [5.74, 6) is 5.21. The SMILES string of the molecule is CCCc1nnsc1C(Cc1cccc(F)c1Cl)NN. The van der Waals surface area contributed by atoms with E-state index in [2.05, 4.69) is 21.9 Å². The van der Waals surface area contributed by atoms with E-state index in [0.717, 1.165) is 23.4 Å². The van der Waals surface area contributed by atoms with Gasteiger partial charge in [-0.3, -0.25) is 11.3 Å². The van der Waals surface area contributed by atoms with Crippen LogP contribution in [0.25, 0.3) is 0 Å². The molecule has 4 nitrogen and oxygen atoms in total. The Morgan fingerprint density at radius 1 is 1.50 bits per heavy atom. The number of nitrogens with one attached hydrogen (secondary N) is 1. The Labute approximate surface area is 126 Å². The third-order valence-corrected chi connectivity index (χ3v) is 4.35. The lowest BCUT2D eigenvalue weighted by molar-refractivity contribution is 0.550. The summed E-state index contributed by atoms with van der Waals surface area (Å²) in [6.07, 6.45) is 2.32. The summed E-state index contributed by atoms with van der Waals surface area (Å²) in [4.78, 5) is 0.981. The van der Waals surface area contributed by atoms with Crippen molar-refractivity contribution >= 4 is 23.1 Å². The fraction of sp³-hybridized carbons (Fsp3) is 0.385. The molecule has 108 valence electrons. The number of nitrogens with zero attached hydrogens (tertiary/aromatic N) is 2. The van der Waals surface area contributed by atoms with Gasteiger partial charge >= 0.3 is 0 Å². The summed E-state index contributed by atoms with van der Waals surface area (Å²) in [5, 5.41) is 4.26. The van der Waals surface area contributed by atoms with E-state index in [0.29, 0.717) is 12.0 Å². The molecule has 20 heavy (non-hydrogen) atoms. The quantitative estimate of drug-likeness (QED) is 0.635. The van der Waals surface area contributed by atoms with Gasteiger partial charge in [0.2, 0.25) is 0 Å². The zero-order valence-electron chi connectivity index (χ0n) is 11.1. The zero-order valence-corrected chi connectivity index (χ0v) is 12.6. The van der Waals surface area contributed by atoms with E-state index in [-0.39, 0.29) is 11.1 Å². The second kappa shape index (κ2) is 7.08. The molecular weight excluding hydrogens is 299 g/mol. The number of rotatable bonds is 6. The number of aryl methyl sites for hydroxylation is 1. The summed E-state index contributed by atoms with van der Waals surface area (Å²) in [6, 6.07) is 4.61. The van der Waals surface area contributed by atoms with Gasteiger partial charge in [0.25, 0.3) is 0 Å². The molecular formula is C13H16ClFN4S. The summed E-state index contributed by atoms with van der Waals surface area (Å²) < 4.78 is 17.5. The molecule has 1 heterocycles. The molecule has 7 heteroatoms. The van der Waals surface area contributed by atoms with Gasteiger partial charge in [-0.25, -0.2) is 4.39 Å². The highest BCUT2D eigenvalue weighted by Crippen LogP contribution is 2.28. The maximum Gasteiger partial charge on any atom is 0.142 e. The molecule has 3 N–H and O–H groups in total. The Hall–Kier alpha value is -1.08. The molecule has 0 amide bonds. The van der Waals surface area contributed by atoms with E-state index in [9.17, 15) is 4.39 Å². The van der Waals surface area contributed by atoms with Gasteiger partial charge < -0.3 is 0 Å². The predicted molar refractivity (Wildman–Crippen MR) is 79.1 cm³/mol. The zero-order chi connectivity index (χ0) is 14.5. The Balaban J connectivity index is 2.24. The predicted octanol–water partition coefficient (Wildman–Crippen LogP) is 3.03. The molecule has 0 spiro atoms. The number of hydrogen-bond acceptors (Lipinski definition) is 5. The fourth-order valence-corrected chi connectivity index (χ4v) is 3.00. The van der Waals surface area contributed by atoms with Gasteiger partial charge in [0, 0.05) is 0 Å². The van der Waals surface area contributed by atoms with E-state index < -0.39 is 5.82 Å². The number of aromatic nitrogens is 2. The van der Waals surface area contributed by atoms with Gasteiger partial charge in [-0.15, -0.1) is 5.10 Å². The molecule has 2 rings (SSSR count). The smallest absolute Gasteiger partial charge is 0.142 e. The molecule has 1 aromatic carbocycles. The standard InChI is InChI=1S/C13H16ClFN4S/c1-2-4-10-13(20-19-18-10)11(17-16)7-8-5-3-6-9(15)12(8)14/h3,5-6,11,17H,2,4,7,16H2,1H3. The third kappa shape index (κ3) is 3.32. The normalized spacial score (nSPS) is 12.6. The molecule has 1 unspecified atom stereocenters. The van der Waals surface area contributed by atoms with Crippen LogP contribution in [0.15, 0.2) is 18.2 Å². The molecule has 0 aliphatic rings. The van der Waals surface area contributed by atoms with Crippen molar-refractivity contribution in [2.45, 2.75) is 32.2 Å². The van der Waals surface area contributed by atoms with E-state index in [4.69, 9.17) is 17.4 Å². The molecule has 0 bridgehead atoms. The second-order valence-corrected chi connectivity index (χ2v) is 5.63. The molecule has 0 fully saturated rings. The molecule has 0 aliphatic heterocycles. The minimum absolute atomic E-state index is 0.141. The third-order valence-electron chi connectivity index (χ3n) is 3.05. The van der Waals surface area contributed by atoms with Crippen LogP contribution in [0, 0.1) is 5.82 Å². The average molecular weight is 315 g/mol. The number of benzene rings is 1. The summed E-state index contributed by atoms with van der Waals surface area (Å²) in [7, 11) is 0. The molecule has 0 radical (unpaired) electrons. The van der Waals surface area contributed by atoms with E-state index in [1.165, 1.54) is 17.6 Å². The molecule has 2 aromatic rings. The van der Waals surface area contributed by atoms with Crippen molar-refractivity contribution in [1.82, 2.24) is 15.0 Å².